The maximum Gasteiger partial charge on any atom is 0.260 e. The Hall–Kier alpha value is -1.97. The van der Waals surface area contributed by atoms with Gasteiger partial charge in [-0.15, -0.1) is 0 Å². The summed E-state index contributed by atoms with van der Waals surface area (Å²) in [4.78, 5) is 25.1. The van der Waals surface area contributed by atoms with Gasteiger partial charge in [0.1, 0.15) is 5.78 Å². The van der Waals surface area contributed by atoms with Crippen molar-refractivity contribution < 1.29 is 14.0 Å². The molecule has 6 heteroatoms. The molecule has 1 aliphatic rings. The fourth-order valence-electron chi connectivity index (χ4n) is 2.86. The summed E-state index contributed by atoms with van der Waals surface area (Å²) in [7, 11) is -2.10. The van der Waals surface area contributed by atoms with Gasteiger partial charge in [0, 0.05) is 24.1 Å². The zero-order valence-corrected chi connectivity index (χ0v) is 15.0. The molecule has 1 aliphatic heterocycles. The number of hydrogen-bond donors (Lipinski definition) is 1. The van der Waals surface area contributed by atoms with E-state index in [-0.39, 0.29) is 30.4 Å². The summed E-state index contributed by atoms with van der Waals surface area (Å²) in [6.45, 7) is 7.68. The third-order valence-electron chi connectivity index (χ3n) is 3.66. The van der Waals surface area contributed by atoms with Crippen molar-refractivity contribution in [3.8, 4) is 6.07 Å². The fourth-order valence-corrected chi connectivity index (χ4v) is 4.18. The molecule has 1 aromatic carbocycles. The molecule has 0 saturated carbocycles. The van der Waals surface area contributed by atoms with Crippen molar-refractivity contribution >= 4 is 25.7 Å². The highest BCUT2D eigenvalue weighted by atomic mass is 28.4. The predicted molar refractivity (Wildman–Crippen MR) is 90.2 cm³/mol. The molecule has 5 nitrogen and oxygen atoms in total. The number of carbonyl (C=O) groups is 2. The molecule has 2 unspecified atom stereocenters. The second-order valence-corrected chi connectivity index (χ2v) is 11.4. The number of nitrogens with one attached hydrogen (secondary N) is 1. The first kappa shape index (κ1) is 17.4. The summed E-state index contributed by atoms with van der Waals surface area (Å²) in [5.74, 6) is -0.797. The van der Waals surface area contributed by atoms with Gasteiger partial charge in [0.05, 0.1) is 12.0 Å². The van der Waals surface area contributed by atoms with Gasteiger partial charge in [0.25, 0.3) is 5.91 Å². The predicted octanol–water partition coefficient (Wildman–Crippen LogP) is 3.19. The molecule has 0 aromatic heterocycles. The van der Waals surface area contributed by atoms with Crippen molar-refractivity contribution in [1.82, 2.24) is 0 Å². The van der Waals surface area contributed by atoms with E-state index in [9.17, 15) is 9.59 Å². The quantitative estimate of drug-likeness (QED) is 0.812. The largest absolute Gasteiger partial charge is 0.400 e. The number of para-hydroxylation sites is 1. The van der Waals surface area contributed by atoms with Crippen molar-refractivity contribution in [3.05, 3.63) is 29.8 Å². The van der Waals surface area contributed by atoms with Gasteiger partial charge in [-0.25, -0.2) is 0 Å². The molecule has 0 saturated heterocycles. The summed E-state index contributed by atoms with van der Waals surface area (Å²) in [6, 6.07) is 9.37. The lowest BCUT2D eigenvalue weighted by Gasteiger charge is -2.34. The normalized spacial score (nSPS) is 21.3. The molecule has 2 atom stereocenters. The molecule has 0 radical (unpaired) electrons. The summed E-state index contributed by atoms with van der Waals surface area (Å²) < 4.78 is 6.23. The molecule has 0 fully saturated rings. The van der Waals surface area contributed by atoms with Gasteiger partial charge in [-0.05, 0) is 32.6 Å². The lowest BCUT2D eigenvalue weighted by Crippen LogP contribution is -2.46. The van der Waals surface area contributed by atoms with Crippen molar-refractivity contribution in [1.29, 1.82) is 5.26 Å². The monoisotopic (exact) mass is 330 g/mol. The summed E-state index contributed by atoms with van der Waals surface area (Å²) in [5, 5.41) is 11.7. The van der Waals surface area contributed by atoms with E-state index in [0.717, 1.165) is 0 Å². The van der Waals surface area contributed by atoms with Crippen LogP contribution in [0, 0.1) is 17.2 Å². The molecule has 0 spiro atoms. The van der Waals surface area contributed by atoms with E-state index >= 15 is 0 Å². The Kier molecular flexibility index (Phi) is 4.73. The molecule has 0 aliphatic carbocycles. The lowest BCUT2D eigenvalue weighted by atomic mass is 9.88. The zero-order valence-electron chi connectivity index (χ0n) is 14.0. The highest BCUT2D eigenvalue weighted by Crippen LogP contribution is 2.43. The summed E-state index contributed by atoms with van der Waals surface area (Å²) in [5.41, 5.74) is 0.134. The van der Waals surface area contributed by atoms with Gasteiger partial charge in [0.2, 0.25) is 0 Å². The molecule has 0 bridgehead atoms. The molecular weight excluding hydrogens is 308 g/mol. The van der Waals surface area contributed by atoms with Gasteiger partial charge < -0.3 is 9.74 Å². The van der Waals surface area contributed by atoms with E-state index in [1.165, 1.54) is 0 Å². The van der Waals surface area contributed by atoms with Crippen LogP contribution < -0.4 is 5.32 Å². The highest BCUT2D eigenvalue weighted by Gasteiger charge is 2.51. The topological polar surface area (TPSA) is 79.2 Å². The van der Waals surface area contributed by atoms with Crippen molar-refractivity contribution in [3.63, 3.8) is 0 Å². The van der Waals surface area contributed by atoms with Crippen LogP contribution in [-0.4, -0.2) is 20.0 Å². The van der Waals surface area contributed by atoms with Gasteiger partial charge in [-0.2, -0.15) is 5.26 Å². The van der Waals surface area contributed by atoms with E-state index in [1.54, 1.807) is 6.92 Å². The maximum atomic E-state index is 12.7. The standard InChI is InChI=1S/C17H22N2O3Si/c1-12(11-18)9-13(20)10-17(22-23(2,3)4)14-7-5-6-8-15(14)19-16(17)21/h5-8,12H,9-10H2,1-4H3,(H,19,21). The number of fused-ring (bicyclic) bond motifs is 1. The number of nitrogens with zero attached hydrogens (tertiary/aromatic N) is 1. The third-order valence-corrected chi connectivity index (χ3v) is 4.62. The number of amides is 1. The maximum absolute atomic E-state index is 12.7. The minimum atomic E-state index is -2.10. The first-order valence-corrected chi connectivity index (χ1v) is 11.1. The van der Waals surface area contributed by atoms with Gasteiger partial charge in [-0.3, -0.25) is 9.59 Å². The Morgan fingerprint density at radius 3 is 2.65 bits per heavy atom. The molecule has 122 valence electrons. The zero-order chi connectivity index (χ0) is 17.3. The van der Waals surface area contributed by atoms with E-state index in [2.05, 4.69) is 11.4 Å². The smallest absolute Gasteiger partial charge is 0.260 e. The Morgan fingerprint density at radius 1 is 1.39 bits per heavy atom. The van der Waals surface area contributed by atoms with E-state index in [0.29, 0.717) is 11.3 Å². The van der Waals surface area contributed by atoms with Crippen molar-refractivity contribution in [2.75, 3.05) is 5.32 Å². The highest BCUT2D eigenvalue weighted by molar-refractivity contribution is 6.70. The van der Waals surface area contributed by atoms with Crippen LogP contribution in [0.15, 0.2) is 24.3 Å². The number of benzene rings is 1. The average Bonchev–Trinajstić information content (AvgIpc) is 2.69. The number of ketones is 1. The minimum absolute atomic E-state index is 0.0356. The van der Waals surface area contributed by atoms with Crippen LogP contribution >= 0.6 is 0 Å². The van der Waals surface area contributed by atoms with E-state index < -0.39 is 13.9 Å². The first-order chi connectivity index (χ1) is 10.7. The van der Waals surface area contributed by atoms with Crippen molar-refractivity contribution in [2.24, 2.45) is 5.92 Å². The van der Waals surface area contributed by atoms with Crippen molar-refractivity contribution in [2.45, 2.75) is 45.0 Å². The van der Waals surface area contributed by atoms with Crippen LogP contribution in [-0.2, 0) is 19.6 Å². The average molecular weight is 330 g/mol. The number of rotatable bonds is 6. The minimum Gasteiger partial charge on any atom is -0.400 e. The van der Waals surface area contributed by atoms with Gasteiger partial charge in [-0.1, -0.05) is 18.2 Å². The third kappa shape index (κ3) is 3.68. The van der Waals surface area contributed by atoms with Crippen LogP contribution in [0.3, 0.4) is 0 Å². The van der Waals surface area contributed by atoms with Crippen LogP contribution in [0.25, 0.3) is 0 Å². The molecule has 2 rings (SSSR count). The lowest BCUT2D eigenvalue weighted by molar-refractivity contribution is -0.138. The van der Waals surface area contributed by atoms with Crippen LogP contribution in [0.2, 0.25) is 19.6 Å². The SMILES string of the molecule is CC(C#N)CC(=O)CC1(O[Si](C)(C)C)C(=O)Nc2ccccc21. The second-order valence-electron chi connectivity index (χ2n) is 6.99. The Morgan fingerprint density at radius 2 is 2.04 bits per heavy atom. The van der Waals surface area contributed by atoms with Gasteiger partial charge >= 0.3 is 0 Å². The number of hydrogen-bond acceptors (Lipinski definition) is 4. The summed E-state index contributed by atoms with van der Waals surface area (Å²) in [6.07, 6.45) is 0.0922. The van der Waals surface area contributed by atoms with E-state index in [1.807, 2.05) is 43.9 Å². The summed E-state index contributed by atoms with van der Waals surface area (Å²) >= 11 is 0. The second kappa shape index (κ2) is 6.26. The number of nitriles is 1. The number of anilines is 1. The molecule has 23 heavy (non-hydrogen) atoms. The Balaban J connectivity index is 2.41. The van der Waals surface area contributed by atoms with Crippen LogP contribution in [0.4, 0.5) is 5.69 Å². The molecule has 1 amide bonds. The molecular formula is C17H22N2O3Si. The molecule has 1 N–H and O–H groups in total. The van der Waals surface area contributed by atoms with Crippen LogP contribution in [0.5, 0.6) is 0 Å². The Bertz CT molecular complexity index is 675. The number of carbonyl (C=O) groups excluding carboxylic acids is 2. The van der Waals surface area contributed by atoms with Gasteiger partial charge in [0.15, 0.2) is 13.9 Å². The van der Waals surface area contributed by atoms with Crippen LogP contribution in [0.1, 0.15) is 25.3 Å². The van der Waals surface area contributed by atoms with E-state index in [4.69, 9.17) is 9.69 Å². The fraction of sp³-hybridized carbons (Fsp3) is 0.471. The molecule has 1 aromatic rings. The molecule has 1 heterocycles. The first-order valence-electron chi connectivity index (χ1n) is 7.70. The Labute approximate surface area is 137 Å². The number of Topliss-reactive ketones (excluding diaryl/α,β-unsaturated/α-hetero) is 1.